The van der Waals surface area contributed by atoms with Gasteiger partial charge < -0.3 is 5.32 Å². The molecule has 0 aliphatic heterocycles. The van der Waals surface area contributed by atoms with E-state index < -0.39 is 9.52 Å². The number of aryl methyl sites for hydroxylation is 1. The van der Waals surface area contributed by atoms with Crippen LogP contribution in [0.1, 0.15) is 11.1 Å². The molecular weight excluding hydrogens is 190 g/mol. The molecule has 3 heteroatoms. The fourth-order valence-electron chi connectivity index (χ4n) is 1.46. The first kappa shape index (κ1) is 11.0. The quantitative estimate of drug-likeness (QED) is 0.708. The summed E-state index contributed by atoms with van der Waals surface area (Å²) in [5, 5.41) is 4.08. The maximum absolute atomic E-state index is 11.1. The van der Waals surface area contributed by atoms with Crippen LogP contribution in [0.25, 0.3) is 0 Å². The van der Waals surface area contributed by atoms with Crippen molar-refractivity contribution in [2.75, 3.05) is 7.05 Å². The molecule has 14 heavy (non-hydrogen) atoms. The second kappa shape index (κ2) is 4.96. The van der Waals surface area contributed by atoms with E-state index in [1.54, 1.807) is 7.05 Å². The number of carbonyl (C=O) groups is 1. The first-order valence-electron chi connectivity index (χ1n) is 4.91. The summed E-state index contributed by atoms with van der Waals surface area (Å²) in [7, 11) is 1.26. The molecule has 76 valence electrons. The van der Waals surface area contributed by atoms with Crippen molar-refractivity contribution in [1.29, 1.82) is 0 Å². The van der Waals surface area contributed by atoms with Crippen LogP contribution in [-0.4, -0.2) is 22.5 Å². The van der Waals surface area contributed by atoms with Gasteiger partial charge >= 0.3 is 0 Å². The Hall–Kier alpha value is -1.09. The lowest BCUT2D eigenvalue weighted by Crippen LogP contribution is -2.26. The summed E-state index contributed by atoms with van der Waals surface area (Å²) in [5.41, 5.74) is 2.69. The van der Waals surface area contributed by atoms with Crippen LogP contribution >= 0.6 is 0 Å². The highest BCUT2D eigenvalue weighted by Crippen LogP contribution is 2.02. The van der Waals surface area contributed by atoms with Crippen molar-refractivity contribution in [3.63, 3.8) is 0 Å². The van der Waals surface area contributed by atoms with E-state index >= 15 is 0 Å². The SMILES string of the molecule is CNC(=O)C[SiH2]c1cccc(C)c1C. The van der Waals surface area contributed by atoms with Gasteiger partial charge in [-0.1, -0.05) is 23.4 Å². The number of hydrogen-bond acceptors (Lipinski definition) is 1. The molecule has 0 saturated heterocycles. The van der Waals surface area contributed by atoms with E-state index in [0.29, 0.717) is 6.04 Å². The van der Waals surface area contributed by atoms with Gasteiger partial charge in [0.15, 0.2) is 0 Å². The van der Waals surface area contributed by atoms with Crippen LogP contribution in [0.5, 0.6) is 0 Å². The largest absolute Gasteiger partial charge is 0.359 e. The molecule has 0 fully saturated rings. The molecule has 0 radical (unpaired) electrons. The topological polar surface area (TPSA) is 29.1 Å². The Kier molecular flexibility index (Phi) is 3.89. The molecule has 0 spiro atoms. The van der Waals surface area contributed by atoms with E-state index in [1.165, 1.54) is 16.3 Å². The summed E-state index contributed by atoms with van der Waals surface area (Å²) in [6.45, 7) is 4.26. The van der Waals surface area contributed by atoms with Crippen LogP contribution in [-0.2, 0) is 4.79 Å². The van der Waals surface area contributed by atoms with Gasteiger partial charge in [0.05, 0.1) is 9.52 Å². The molecule has 0 aromatic heterocycles. The highest BCUT2D eigenvalue weighted by molar-refractivity contribution is 6.57. The highest BCUT2D eigenvalue weighted by Gasteiger charge is 2.03. The Balaban J connectivity index is 2.68. The Morgan fingerprint density at radius 1 is 1.43 bits per heavy atom. The number of benzene rings is 1. The van der Waals surface area contributed by atoms with Crippen LogP contribution in [0, 0.1) is 13.8 Å². The van der Waals surface area contributed by atoms with Gasteiger partial charge in [-0.05, 0) is 25.0 Å². The van der Waals surface area contributed by atoms with E-state index in [9.17, 15) is 4.79 Å². The van der Waals surface area contributed by atoms with Crippen LogP contribution in [0.2, 0.25) is 6.04 Å². The van der Waals surface area contributed by atoms with Crippen molar-refractivity contribution in [3.8, 4) is 0 Å². The van der Waals surface area contributed by atoms with E-state index in [-0.39, 0.29) is 5.91 Å². The average Bonchev–Trinajstić information content (AvgIpc) is 2.20. The minimum atomic E-state index is -0.432. The molecular formula is C11H17NOSi. The van der Waals surface area contributed by atoms with E-state index in [4.69, 9.17) is 0 Å². The molecule has 0 unspecified atom stereocenters. The van der Waals surface area contributed by atoms with Gasteiger partial charge in [0.2, 0.25) is 5.91 Å². The van der Waals surface area contributed by atoms with Crippen molar-refractivity contribution >= 4 is 20.6 Å². The van der Waals surface area contributed by atoms with Crippen molar-refractivity contribution in [3.05, 3.63) is 29.3 Å². The fraction of sp³-hybridized carbons (Fsp3) is 0.364. The summed E-state index contributed by atoms with van der Waals surface area (Å²) >= 11 is 0. The monoisotopic (exact) mass is 207 g/mol. The molecule has 2 nitrogen and oxygen atoms in total. The molecule has 1 rings (SSSR count). The van der Waals surface area contributed by atoms with Crippen molar-refractivity contribution in [2.45, 2.75) is 19.9 Å². The first-order valence-corrected chi connectivity index (χ1v) is 6.61. The van der Waals surface area contributed by atoms with Crippen LogP contribution in [0.4, 0.5) is 0 Å². The van der Waals surface area contributed by atoms with E-state index in [0.717, 1.165) is 0 Å². The zero-order chi connectivity index (χ0) is 10.6. The Morgan fingerprint density at radius 3 is 2.79 bits per heavy atom. The Morgan fingerprint density at radius 2 is 2.14 bits per heavy atom. The van der Waals surface area contributed by atoms with Gasteiger partial charge in [-0.2, -0.15) is 0 Å². The lowest BCUT2D eigenvalue weighted by Gasteiger charge is -2.07. The van der Waals surface area contributed by atoms with Gasteiger partial charge in [0.1, 0.15) is 0 Å². The standard InChI is InChI=1S/C11H17NOSi/c1-8-5-4-6-10(9(8)2)14-7-11(13)12-3/h4-6H,7,14H2,1-3H3,(H,12,13). The Bertz CT molecular complexity index is 336. The van der Waals surface area contributed by atoms with Crippen LogP contribution < -0.4 is 10.5 Å². The van der Waals surface area contributed by atoms with Crippen molar-refractivity contribution in [2.24, 2.45) is 0 Å². The van der Waals surface area contributed by atoms with Gasteiger partial charge in [-0.3, -0.25) is 4.79 Å². The molecule has 0 heterocycles. The second-order valence-corrected chi connectivity index (χ2v) is 5.29. The number of hydrogen-bond donors (Lipinski definition) is 1. The second-order valence-electron chi connectivity index (χ2n) is 3.53. The summed E-state index contributed by atoms with van der Waals surface area (Å²) in [4.78, 5) is 11.1. The number of nitrogens with one attached hydrogen (secondary N) is 1. The lowest BCUT2D eigenvalue weighted by molar-refractivity contribution is -0.118. The maximum atomic E-state index is 11.1. The summed E-state index contributed by atoms with van der Waals surface area (Å²) in [5.74, 6) is 0.164. The zero-order valence-electron chi connectivity index (χ0n) is 9.05. The van der Waals surface area contributed by atoms with Crippen molar-refractivity contribution in [1.82, 2.24) is 5.32 Å². The average molecular weight is 207 g/mol. The minimum Gasteiger partial charge on any atom is -0.359 e. The van der Waals surface area contributed by atoms with Gasteiger partial charge in [0.25, 0.3) is 0 Å². The molecule has 1 amide bonds. The predicted molar refractivity (Wildman–Crippen MR) is 63.0 cm³/mol. The number of carbonyl (C=O) groups excluding carboxylic acids is 1. The third-order valence-electron chi connectivity index (χ3n) is 2.62. The lowest BCUT2D eigenvalue weighted by atomic mass is 10.1. The smallest absolute Gasteiger partial charge is 0.216 e. The fourth-order valence-corrected chi connectivity index (χ4v) is 3.16. The van der Waals surface area contributed by atoms with Gasteiger partial charge in [-0.25, -0.2) is 0 Å². The molecule has 0 saturated carbocycles. The van der Waals surface area contributed by atoms with Crippen molar-refractivity contribution < 1.29 is 4.79 Å². The normalized spacial score (nSPS) is 10.8. The zero-order valence-corrected chi connectivity index (χ0v) is 10.5. The molecule has 0 aliphatic rings. The summed E-state index contributed by atoms with van der Waals surface area (Å²) < 4.78 is 0. The molecule has 1 aromatic rings. The number of amides is 1. The third-order valence-corrected chi connectivity index (χ3v) is 4.63. The maximum Gasteiger partial charge on any atom is 0.216 e. The predicted octanol–water partition coefficient (Wildman–Crippen LogP) is 0.262. The molecule has 1 N–H and O–H groups in total. The van der Waals surface area contributed by atoms with E-state index in [2.05, 4.69) is 37.4 Å². The molecule has 0 atom stereocenters. The third kappa shape index (κ3) is 2.70. The Labute approximate surface area is 87.5 Å². The summed E-state index contributed by atoms with van der Waals surface area (Å²) in [6, 6.07) is 7.06. The van der Waals surface area contributed by atoms with Crippen LogP contribution in [0.3, 0.4) is 0 Å². The molecule has 0 bridgehead atoms. The van der Waals surface area contributed by atoms with Gasteiger partial charge in [-0.15, -0.1) is 0 Å². The minimum absolute atomic E-state index is 0.164. The number of rotatable bonds is 3. The molecule has 1 aromatic carbocycles. The van der Waals surface area contributed by atoms with E-state index in [1.807, 2.05) is 0 Å². The summed E-state index contributed by atoms with van der Waals surface area (Å²) in [6.07, 6.45) is 0. The first-order chi connectivity index (χ1) is 6.65. The van der Waals surface area contributed by atoms with Crippen LogP contribution in [0.15, 0.2) is 18.2 Å². The molecule has 0 aliphatic carbocycles. The van der Waals surface area contributed by atoms with Gasteiger partial charge in [0, 0.05) is 13.1 Å². The highest BCUT2D eigenvalue weighted by atomic mass is 28.2.